The van der Waals surface area contributed by atoms with Crippen molar-refractivity contribution in [2.24, 2.45) is 0 Å². The van der Waals surface area contributed by atoms with Crippen LogP contribution in [-0.4, -0.2) is 4.57 Å². The Morgan fingerprint density at radius 2 is 0.898 bits per heavy atom. The first-order chi connectivity index (χ1) is 29.3. The van der Waals surface area contributed by atoms with Gasteiger partial charge in [0.1, 0.15) is 11.2 Å². The van der Waals surface area contributed by atoms with Gasteiger partial charge in [-0.1, -0.05) is 152 Å². The molecule has 0 aliphatic rings. The maximum absolute atomic E-state index is 6.56. The maximum atomic E-state index is 6.56. The largest absolute Gasteiger partial charge is 0.455 e. The van der Waals surface area contributed by atoms with Crippen LogP contribution in [0.1, 0.15) is 0 Å². The van der Waals surface area contributed by atoms with Gasteiger partial charge in [-0.05, 0) is 105 Å². The van der Waals surface area contributed by atoms with Gasteiger partial charge in [0.05, 0.1) is 11.0 Å². The highest BCUT2D eigenvalue weighted by Crippen LogP contribution is 2.43. The second kappa shape index (κ2) is 13.4. The number of aromatic nitrogens is 1. The Balaban J connectivity index is 1.00. The van der Waals surface area contributed by atoms with Crippen molar-refractivity contribution in [3.05, 3.63) is 218 Å². The van der Waals surface area contributed by atoms with Gasteiger partial charge in [0.25, 0.3) is 0 Å². The fourth-order valence-corrected chi connectivity index (χ4v) is 9.27. The molecule has 0 saturated heterocycles. The number of furan rings is 1. The van der Waals surface area contributed by atoms with Gasteiger partial charge in [0, 0.05) is 49.7 Å². The summed E-state index contributed by atoms with van der Waals surface area (Å²) < 4.78 is 8.94. The SMILES string of the molecule is c1cc(N(c2ccc(-c3cccc4ccccc34)cc2)c2ccc(-c3cccc4oc5c6ccccc6ccc5c34)cc2)cc(-n2c3ccccc3c3ccccc32)c1. The molecular weight excluding hydrogens is 717 g/mol. The smallest absolute Gasteiger partial charge is 0.143 e. The molecule has 2 heterocycles. The van der Waals surface area contributed by atoms with E-state index in [9.17, 15) is 0 Å². The quantitative estimate of drug-likeness (QED) is 0.169. The fourth-order valence-electron chi connectivity index (χ4n) is 9.27. The van der Waals surface area contributed by atoms with E-state index in [0.29, 0.717) is 0 Å². The minimum absolute atomic E-state index is 0.896. The topological polar surface area (TPSA) is 21.3 Å². The molecule has 0 saturated carbocycles. The third-order valence-corrected chi connectivity index (χ3v) is 12.0. The van der Waals surface area contributed by atoms with Gasteiger partial charge >= 0.3 is 0 Å². The van der Waals surface area contributed by atoms with Crippen LogP contribution >= 0.6 is 0 Å². The van der Waals surface area contributed by atoms with E-state index in [0.717, 1.165) is 61.2 Å². The lowest BCUT2D eigenvalue weighted by Crippen LogP contribution is -2.10. The van der Waals surface area contributed by atoms with Crippen LogP contribution < -0.4 is 4.90 Å². The van der Waals surface area contributed by atoms with Crippen molar-refractivity contribution in [2.45, 2.75) is 0 Å². The van der Waals surface area contributed by atoms with Crippen molar-refractivity contribution in [1.82, 2.24) is 4.57 Å². The minimum atomic E-state index is 0.896. The molecule has 0 unspecified atom stereocenters. The number of rotatable bonds is 6. The lowest BCUT2D eigenvalue weighted by molar-refractivity contribution is 0.673. The lowest BCUT2D eigenvalue weighted by atomic mass is 9.97. The first-order valence-electron chi connectivity index (χ1n) is 20.2. The van der Waals surface area contributed by atoms with Gasteiger partial charge in [0.2, 0.25) is 0 Å². The standard InChI is InChI=1S/C56H36N2O/c1-3-17-45-37(12-1)14-9-21-46(45)39-26-31-41(32-27-39)57(43-15-10-16-44(36-43)58-52-23-7-5-19-49(52)50-20-6-8-24-53(50)58)42-33-28-40(29-34-42)47-22-11-25-54-55(47)51-35-30-38-13-2-4-18-48(38)56(51)59-54/h1-36H. The highest BCUT2D eigenvalue weighted by molar-refractivity contribution is 6.19. The van der Waals surface area contributed by atoms with Crippen molar-refractivity contribution in [3.8, 4) is 27.9 Å². The number of anilines is 3. The van der Waals surface area contributed by atoms with Crippen molar-refractivity contribution in [2.75, 3.05) is 4.90 Å². The predicted molar refractivity (Wildman–Crippen MR) is 249 cm³/mol. The molecule has 0 aliphatic carbocycles. The first-order valence-corrected chi connectivity index (χ1v) is 20.2. The zero-order chi connectivity index (χ0) is 38.9. The van der Waals surface area contributed by atoms with E-state index in [4.69, 9.17) is 4.42 Å². The molecule has 2 aromatic heterocycles. The molecule has 0 amide bonds. The number of benzene rings is 10. The van der Waals surface area contributed by atoms with Gasteiger partial charge in [-0.15, -0.1) is 0 Å². The van der Waals surface area contributed by atoms with Crippen molar-refractivity contribution >= 4 is 82.4 Å². The van der Waals surface area contributed by atoms with E-state index in [2.05, 4.69) is 228 Å². The van der Waals surface area contributed by atoms with E-state index < -0.39 is 0 Å². The summed E-state index contributed by atoms with van der Waals surface area (Å²) in [4.78, 5) is 2.37. The molecule has 276 valence electrons. The molecule has 12 rings (SSSR count). The van der Waals surface area contributed by atoms with Gasteiger partial charge in [-0.25, -0.2) is 0 Å². The Bertz CT molecular complexity index is 3500. The molecule has 0 radical (unpaired) electrons. The van der Waals surface area contributed by atoms with Crippen LogP contribution in [-0.2, 0) is 0 Å². The molecule has 12 aromatic rings. The van der Waals surface area contributed by atoms with Crippen LogP contribution in [0.3, 0.4) is 0 Å². The summed E-state index contributed by atoms with van der Waals surface area (Å²) in [6.07, 6.45) is 0. The molecule has 0 N–H and O–H groups in total. The molecule has 0 atom stereocenters. The van der Waals surface area contributed by atoms with Gasteiger partial charge in [-0.2, -0.15) is 0 Å². The van der Waals surface area contributed by atoms with Gasteiger partial charge in [0.15, 0.2) is 0 Å². The van der Waals surface area contributed by atoms with Gasteiger partial charge in [-0.3, -0.25) is 0 Å². The highest BCUT2D eigenvalue weighted by atomic mass is 16.3. The van der Waals surface area contributed by atoms with E-state index in [1.807, 2.05) is 0 Å². The molecule has 0 fully saturated rings. The number of para-hydroxylation sites is 2. The van der Waals surface area contributed by atoms with Crippen molar-refractivity contribution < 1.29 is 4.42 Å². The Hall–Kier alpha value is -7.88. The minimum Gasteiger partial charge on any atom is -0.455 e. The van der Waals surface area contributed by atoms with Crippen LogP contribution in [0.25, 0.3) is 93.2 Å². The molecule has 3 heteroatoms. The summed E-state index contributed by atoms with van der Waals surface area (Å²) in [6, 6.07) is 78.7. The fraction of sp³-hybridized carbons (Fsp3) is 0. The molecule has 59 heavy (non-hydrogen) atoms. The third kappa shape index (κ3) is 5.36. The van der Waals surface area contributed by atoms with Crippen LogP contribution in [0.5, 0.6) is 0 Å². The van der Waals surface area contributed by atoms with Crippen LogP contribution in [0.2, 0.25) is 0 Å². The van der Waals surface area contributed by atoms with Crippen LogP contribution in [0.15, 0.2) is 223 Å². The molecule has 3 nitrogen and oxygen atoms in total. The summed E-state index contributed by atoms with van der Waals surface area (Å²) >= 11 is 0. The number of hydrogen-bond acceptors (Lipinski definition) is 2. The van der Waals surface area contributed by atoms with E-state index >= 15 is 0 Å². The Morgan fingerprint density at radius 1 is 0.356 bits per heavy atom. The lowest BCUT2D eigenvalue weighted by Gasteiger charge is -2.27. The summed E-state index contributed by atoms with van der Waals surface area (Å²) in [5.74, 6) is 0. The number of nitrogens with zero attached hydrogens (tertiary/aromatic N) is 2. The number of fused-ring (bicyclic) bond motifs is 9. The molecule has 0 aliphatic heterocycles. The van der Waals surface area contributed by atoms with Crippen LogP contribution in [0.4, 0.5) is 17.1 Å². The predicted octanol–water partition coefficient (Wildman–Crippen LogP) is 15.8. The first kappa shape index (κ1) is 33.3. The average molecular weight is 753 g/mol. The van der Waals surface area contributed by atoms with Gasteiger partial charge < -0.3 is 13.9 Å². The number of hydrogen-bond donors (Lipinski definition) is 0. The molecule has 0 spiro atoms. The normalized spacial score (nSPS) is 11.7. The molecule has 0 bridgehead atoms. The zero-order valence-electron chi connectivity index (χ0n) is 32.1. The maximum Gasteiger partial charge on any atom is 0.143 e. The third-order valence-electron chi connectivity index (χ3n) is 12.0. The molecule has 10 aromatic carbocycles. The van der Waals surface area contributed by atoms with E-state index in [1.165, 1.54) is 49.1 Å². The zero-order valence-corrected chi connectivity index (χ0v) is 32.1. The second-order valence-corrected chi connectivity index (χ2v) is 15.3. The Morgan fingerprint density at radius 3 is 1.61 bits per heavy atom. The Labute approximate surface area is 341 Å². The summed E-state index contributed by atoms with van der Waals surface area (Å²) in [6.45, 7) is 0. The summed E-state index contributed by atoms with van der Waals surface area (Å²) in [5.41, 5.74) is 13.3. The van der Waals surface area contributed by atoms with Crippen LogP contribution in [0, 0.1) is 0 Å². The molecular formula is C56H36N2O. The van der Waals surface area contributed by atoms with E-state index in [-0.39, 0.29) is 0 Å². The highest BCUT2D eigenvalue weighted by Gasteiger charge is 2.19. The second-order valence-electron chi connectivity index (χ2n) is 15.3. The monoisotopic (exact) mass is 752 g/mol. The summed E-state index contributed by atoms with van der Waals surface area (Å²) in [5, 5.41) is 9.57. The Kier molecular flexibility index (Phi) is 7.54. The van der Waals surface area contributed by atoms with E-state index in [1.54, 1.807) is 0 Å². The van der Waals surface area contributed by atoms with Crippen molar-refractivity contribution in [1.29, 1.82) is 0 Å². The van der Waals surface area contributed by atoms with Crippen molar-refractivity contribution in [3.63, 3.8) is 0 Å². The summed E-state index contributed by atoms with van der Waals surface area (Å²) in [7, 11) is 0. The average Bonchev–Trinajstić information content (AvgIpc) is 3.86.